The van der Waals surface area contributed by atoms with Gasteiger partial charge in [-0.2, -0.15) is 0 Å². The molecule has 2 N–H and O–H groups in total. The number of ether oxygens (including phenoxy) is 1. The van der Waals surface area contributed by atoms with Gasteiger partial charge in [0.1, 0.15) is 6.04 Å². The molecule has 0 aliphatic carbocycles. The highest BCUT2D eigenvalue weighted by molar-refractivity contribution is 7.98. The van der Waals surface area contributed by atoms with Crippen LogP contribution in [0.5, 0.6) is 0 Å². The predicted molar refractivity (Wildman–Crippen MR) is 110 cm³/mol. The second-order valence-electron chi connectivity index (χ2n) is 5.91. The molecule has 0 fully saturated rings. The van der Waals surface area contributed by atoms with Gasteiger partial charge < -0.3 is 15.4 Å². The van der Waals surface area contributed by atoms with Crippen molar-refractivity contribution in [2.45, 2.75) is 24.0 Å². The summed E-state index contributed by atoms with van der Waals surface area (Å²) in [6, 6.07) is 8.71. The van der Waals surface area contributed by atoms with E-state index in [1.165, 1.54) is 18.0 Å². The molecule has 0 aliphatic rings. The molecule has 0 bridgehead atoms. The Morgan fingerprint density at radius 2 is 2.04 bits per heavy atom. The first kappa shape index (κ1) is 22.1. The number of hydrogen-bond acceptors (Lipinski definition) is 6. The van der Waals surface area contributed by atoms with E-state index < -0.39 is 11.9 Å². The number of thioether (sulfide) groups is 1. The van der Waals surface area contributed by atoms with E-state index in [-0.39, 0.29) is 16.6 Å². The summed E-state index contributed by atoms with van der Waals surface area (Å²) in [7, 11) is 1.61. The molecule has 0 saturated heterocycles. The van der Waals surface area contributed by atoms with Gasteiger partial charge in [-0.1, -0.05) is 53.7 Å². The molecule has 0 spiro atoms. The van der Waals surface area contributed by atoms with Crippen LogP contribution in [0.25, 0.3) is 0 Å². The van der Waals surface area contributed by atoms with Crippen molar-refractivity contribution in [1.82, 2.24) is 20.6 Å². The van der Waals surface area contributed by atoms with E-state index in [9.17, 15) is 9.59 Å². The summed E-state index contributed by atoms with van der Waals surface area (Å²) < 4.78 is 4.99. The second-order valence-corrected chi connectivity index (χ2v) is 7.09. The molecule has 28 heavy (non-hydrogen) atoms. The van der Waals surface area contributed by atoms with Gasteiger partial charge in [0.25, 0.3) is 5.91 Å². The number of methoxy groups -OCH3 is 1. The minimum Gasteiger partial charge on any atom is -0.385 e. The second kappa shape index (κ2) is 11.6. The van der Waals surface area contributed by atoms with E-state index in [2.05, 4.69) is 20.6 Å². The first-order valence-electron chi connectivity index (χ1n) is 8.73. The average molecular weight is 423 g/mol. The summed E-state index contributed by atoms with van der Waals surface area (Å²) in [4.78, 5) is 33.6. The van der Waals surface area contributed by atoms with E-state index in [1.807, 2.05) is 30.3 Å². The van der Waals surface area contributed by atoms with Crippen molar-refractivity contribution in [3.05, 3.63) is 52.8 Å². The first-order valence-corrected chi connectivity index (χ1v) is 10.3. The third-order valence-electron chi connectivity index (χ3n) is 3.85. The smallest absolute Gasteiger partial charge is 0.272 e. The molecule has 150 valence electrons. The number of carbonyl (C=O) groups excluding carboxylic acids is 2. The van der Waals surface area contributed by atoms with E-state index in [0.29, 0.717) is 31.1 Å². The van der Waals surface area contributed by atoms with Gasteiger partial charge in [-0.15, -0.1) is 0 Å². The van der Waals surface area contributed by atoms with Crippen molar-refractivity contribution in [1.29, 1.82) is 0 Å². The van der Waals surface area contributed by atoms with E-state index in [1.54, 1.807) is 13.4 Å². The molecular weight excluding hydrogens is 400 g/mol. The molecule has 1 atom stereocenters. The van der Waals surface area contributed by atoms with Crippen LogP contribution >= 0.6 is 23.4 Å². The number of nitrogens with one attached hydrogen (secondary N) is 2. The fraction of sp³-hybridized carbons (Fsp3) is 0.368. The number of nitrogens with zero attached hydrogens (tertiary/aromatic N) is 2. The van der Waals surface area contributed by atoms with Gasteiger partial charge in [-0.3, -0.25) is 9.59 Å². The SMILES string of the molecule is COCCCNC(=O)C(Cc1ccccc1)NC(=O)c1nc(SC)ncc1Cl. The molecule has 1 unspecified atom stereocenters. The fourth-order valence-corrected chi connectivity index (χ4v) is 2.96. The molecule has 2 aromatic rings. The zero-order valence-corrected chi connectivity index (χ0v) is 17.3. The number of halogens is 1. The van der Waals surface area contributed by atoms with E-state index >= 15 is 0 Å². The summed E-state index contributed by atoms with van der Waals surface area (Å²) in [6.45, 7) is 1.00. The number of rotatable bonds is 10. The van der Waals surface area contributed by atoms with Crippen LogP contribution in [0.4, 0.5) is 0 Å². The predicted octanol–water partition coefficient (Wildman–Crippen LogP) is 2.35. The summed E-state index contributed by atoms with van der Waals surface area (Å²) in [6.07, 6.45) is 4.22. The molecule has 1 aromatic heterocycles. The normalized spacial score (nSPS) is 11.7. The Labute approximate surface area is 173 Å². The number of amides is 2. The monoisotopic (exact) mass is 422 g/mol. The van der Waals surface area contributed by atoms with Crippen LogP contribution < -0.4 is 10.6 Å². The highest BCUT2D eigenvalue weighted by Gasteiger charge is 2.24. The molecule has 0 saturated carbocycles. The number of carbonyl (C=O) groups is 2. The van der Waals surface area contributed by atoms with Crippen LogP contribution in [0.2, 0.25) is 5.02 Å². The Balaban J connectivity index is 2.13. The molecule has 0 aliphatic heterocycles. The minimum absolute atomic E-state index is 0.0475. The Hall–Kier alpha value is -2.16. The maximum absolute atomic E-state index is 12.7. The molecule has 1 heterocycles. The van der Waals surface area contributed by atoms with Gasteiger partial charge in [-0.25, -0.2) is 9.97 Å². The zero-order chi connectivity index (χ0) is 20.4. The summed E-state index contributed by atoms with van der Waals surface area (Å²) in [5.74, 6) is -0.792. The Morgan fingerprint density at radius 3 is 2.71 bits per heavy atom. The van der Waals surface area contributed by atoms with Gasteiger partial charge in [0.15, 0.2) is 10.9 Å². The quantitative estimate of drug-likeness (QED) is 0.347. The van der Waals surface area contributed by atoms with Crippen molar-refractivity contribution in [3.8, 4) is 0 Å². The lowest BCUT2D eigenvalue weighted by atomic mass is 10.0. The number of aromatic nitrogens is 2. The maximum Gasteiger partial charge on any atom is 0.272 e. The largest absolute Gasteiger partial charge is 0.385 e. The van der Waals surface area contributed by atoms with Gasteiger partial charge in [0.05, 0.1) is 11.2 Å². The van der Waals surface area contributed by atoms with Crippen molar-refractivity contribution in [3.63, 3.8) is 0 Å². The van der Waals surface area contributed by atoms with E-state index in [4.69, 9.17) is 16.3 Å². The number of benzene rings is 1. The Morgan fingerprint density at radius 1 is 1.29 bits per heavy atom. The zero-order valence-electron chi connectivity index (χ0n) is 15.8. The van der Waals surface area contributed by atoms with Gasteiger partial charge in [0, 0.05) is 26.7 Å². The standard InChI is InChI=1S/C19H23ClN4O3S/c1-27-10-6-9-21-17(25)15(11-13-7-4-3-5-8-13)23-18(26)16-14(20)12-22-19(24-16)28-2/h3-5,7-8,12,15H,6,9-11H2,1-2H3,(H,21,25)(H,23,26). The van der Waals surface area contributed by atoms with Crippen LogP contribution in [0.3, 0.4) is 0 Å². The lowest BCUT2D eigenvalue weighted by molar-refractivity contribution is -0.123. The van der Waals surface area contributed by atoms with Crippen molar-refractivity contribution in [2.75, 3.05) is 26.5 Å². The number of hydrogen-bond donors (Lipinski definition) is 2. The van der Waals surface area contributed by atoms with Crippen LogP contribution in [0.15, 0.2) is 41.7 Å². The van der Waals surface area contributed by atoms with Crippen molar-refractivity contribution >= 4 is 35.2 Å². The molecule has 1 aromatic carbocycles. The molecule has 9 heteroatoms. The summed E-state index contributed by atoms with van der Waals surface area (Å²) in [5.41, 5.74) is 0.977. The van der Waals surface area contributed by atoms with Crippen LogP contribution in [-0.4, -0.2) is 54.3 Å². The van der Waals surface area contributed by atoms with Crippen LogP contribution in [-0.2, 0) is 16.0 Å². The lowest BCUT2D eigenvalue weighted by Crippen LogP contribution is -2.48. The topological polar surface area (TPSA) is 93.2 Å². The Bertz CT molecular complexity index is 792. The maximum atomic E-state index is 12.7. The fourth-order valence-electron chi connectivity index (χ4n) is 2.45. The van der Waals surface area contributed by atoms with Crippen molar-refractivity contribution < 1.29 is 14.3 Å². The van der Waals surface area contributed by atoms with Crippen molar-refractivity contribution in [2.24, 2.45) is 0 Å². The molecular formula is C19H23ClN4O3S. The molecule has 0 radical (unpaired) electrons. The minimum atomic E-state index is -0.763. The third kappa shape index (κ3) is 6.78. The average Bonchev–Trinajstić information content (AvgIpc) is 2.71. The molecule has 7 nitrogen and oxygen atoms in total. The summed E-state index contributed by atoms with van der Waals surface area (Å²) in [5, 5.41) is 6.14. The lowest BCUT2D eigenvalue weighted by Gasteiger charge is -2.19. The van der Waals surface area contributed by atoms with Crippen LogP contribution in [0.1, 0.15) is 22.5 Å². The molecule has 2 rings (SSSR count). The van der Waals surface area contributed by atoms with Gasteiger partial charge in [-0.05, 0) is 18.2 Å². The highest BCUT2D eigenvalue weighted by atomic mass is 35.5. The highest BCUT2D eigenvalue weighted by Crippen LogP contribution is 2.17. The summed E-state index contributed by atoms with van der Waals surface area (Å²) >= 11 is 7.38. The third-order valence-corrected chi connectivity index (χ3v) is 4.69. The Kier molecular flexibility index (Phi) is 9.19. The van der Waals surface area contributed by atoms with Gasteiger partial charge in [0.2, 0.25) is 5.91 Å². The van der Waals surface area contributed by atoms with Crippen LogP contribution in [0, 0.1) is 0 Å². The first-order chi connectivity index (χ1) is 13.5. The molecule has 2 amide bonds. The van der Waals surface area contributed by atoms with Gasteiger partial charge >= 0.3 is 0 Å². The van der Waals surface area contributed by atoms with E-state index in [0.717, 1.165) is 5.56 Å².